The molecule has 0 radical (unpaired) electrons. The maximum absolute atomic E-state index is 12.7. The highest BCUT2D eigenvalue weighted by molar-refractivity contribution is 6.18. The molecule has 0 aliphatic heterocycles. The molecule has 2 rings (SSSR count). The molecule has 2 aliphatic carbocycles. The van der Waals surface area contributed by atoms with E-state index in [2.05, 4.69) is 0 Å². The Labute approximate surface area is 147 Å². The van der Waals surface area contributed by atoms with Crippen LogP contribution in [0.3, 0.4) is 0 Å². The summed E-state index contributed by atoms with van der Waals surface area (Å²) in [7, 11) is 0. The lowest BCUT2D eigenvalue weighted by molar-refractivity contribution is -0.140. The van der Waals surface area contributed by atoms with Gasteiger partial charge in [0.25, 0.3) is 0 Å². The van der Waals surface area contributed by atoms with Gasteiger partial charge in [0.2, 0.25) is 0 Å². The van der Waals surface area contributed by atoms with E-state index in [-0.39, 0.29) is 11.8 Å². The van der Waals surface area contributed by atoms with Crippen molar-refractivity contribution in [3.8, 4) is 0 Å². The predicted octanol–water partition coefficient (Wildman–Crippen LogP) is 5.38. The van der Waals surface area contributed by atoms with Gasteiger partial charge < -0.3 is 4.74 Å². The van der Waals surface area contributed by atoms with E-state index in [9.17, 15) is 9.59 Å². The van der Waals surface area contributed by atoms with E-state index < -0.39 is 0 Å². The minimum Gasteiger partial charge on any atom is -0.462 e. The predicted molar refractivity (Wildman–Crippen MR) is 96.7 cm³/mol. The van der Waals surface area contributed by atoms with Gasteiger partial charge in [-0.05, 0) is 49.5 Å². The van der Waals surface area contributed by atoms with Crippen LogP contribution in [0.4, 0.5) is 0 Å². The number of esters is 1. The van der Waals surface area contributed by atoms with Crippen molar-refractivity contribution in [3.05, 3.63) is 11.1 Å². The second-order valence-corrected chi connectivity index (χ2v) is 7.41. The van der Waals surface area contributed by atoms with Crippen molar-refractivity contribution in [2.45, 2.75) is 90.9 Å². The van der Waals surface area contributed by atoms with E-state index in [0.717, 1.165) is 32.1 Å². The van der Waals surface area contributed by atoms with Gasteiger partial charge in [-0.3, -0.25) is 4.79 Å². The first-order valence-corrected chi connectivity index (χ1v) is 10.1. The Bertz CT molecular complexity index is 432. The van der Waals surface area contributed by atoms with Gasteiger partial charge in [-0.15, -0.1) is 0 Å². The highest BCUT2D eigenvalue weighted by atomic mass is 16.5. The molecule has 2 aliphatic rings. The molecular formula is C21H34O3. The quantitative estimate of drug-likeness (QED) is 0.272. The van der Waals surface area contributed by atoms with E-state index in [1.54, 1.807) is 0 Å². The van der Waals surface area contributed by atoms with Gasteiger partial charge in [0.15, 0.2) is 5.78 Å². The van der Waals surface area contributed by atoms with Gasteiger partial charge in [0.05, 0.1) is 6.61 Å². The summed E-state index contributed by atoms with van der Waals surface area (Å²) in [5.74, 6) is 0.472. The van der Waals surface area contributed by atoms with Crippen LogP contribution in [0.5, 0.6) is 0 Å². The standard InChI is InChI=1S/C21H34O3/c1-3-15-24-21(23)20(18(22)4-2)19(16-11-7-5-8-12-16)17-13-9-6-10-14-17/h16-17H,3-15H2,1-2H3. The zero-order valence-corrected chi connectivity index (χ0v) is 15.6. The van der Waals surface area contributed by atoms with Crippen LogP contribution in [-0.4, -0.2) is 18.4 Å². The summed E-state index contributed by atoms with van der Waals surface area (Å²) in [6.45, 7) is 4.25. The highest BCUT2D eigenvalue weighted by Gasteiger charge is 2.33. The van der Waals surface area contributed by atoms with Crippen molar-refractivity contribution >= 4 is 11.8 Å². The molecule has 0 atom stereocenters. The Morgan fingerprint density at radius 3 is 1.75 bits per heavy atom. The van der Waals surface area contributed by atoms with Gasteiger partial charge in [0.1, 0.15) is 5.57 Å². The summed E-state index contributed by atoms with van der Waals surface area (Å²) in [5.41, 5.74) is 1.62. The second kappa shape index (κ2) is 10.0. The highest BCUT2D eigenvalue weighted by Crippen LogP contribution is 2.41. The van der Waals surface area contributed by atoms with Crippen molar-refractivity contribution < 1.29 is 14.3 Å². The lowest BCUT2D eigenvalue weighted by Crippen LogP contribution is -2.27. The molecule has 0 spiro atoms. The Balaban J connectivity index is 2.39. The Morgan fingerprint density at radius 2 is 1.33 bits per heavy atom. The number of Topliss-reactive ketones (excluding diaryl/α,β-unsaturated/α-hetero) is 1. The number of allylic oxidation sites excluding steroid dienone is 1. The molecule has 136 valence electrons. The van der Waals surface area contributed by atoms with Gasteiger partial charge in [-0.1, -0.05) is 52.4 Å². The first-order valence-electron chi connectivity index (χ1n) is 10.1. The van der Waals surface area contributed by atoms with Crippen LogP contribution >= 0.6 is 0 Å². The summed E-state index contributed by atoms with van der Waals surface area (Å²) >= 11 is 0. The number of hydrogen-bond donors (Lipinski definition) is 0. The average molecular weight is 335 g/mol. The summed E-state index contributed by atoms with van der Waals surface area (Å²) < 4.78 is 5.42. The van der Waals surface area contributed by atoms with E-state index in [1.165, 1.54) is 44.1 Å². The van der Waals surface area contributed by atoms with Crippen LogP contribution in [-0.2, 0) is 14.3 Å². The fraction of sp³-hybridized carbons (Fsp3) is 0.810. The van der Waals surface area contributed by atoms with Gasteiger partial charge in [-0.25, -0.2) is 4.79 Å². The van der Waals surface area contributed by atoms with Crippen LogP contribution < -0.4 is 0 Å². The molecule has 2 fully saturated rings. The van der Waals surface area contributed by atoms with Crippen LogP contribution in [0.25, 0.3) is 0 Å². The van der Waals surface area contributed by atoms with Gasteiger partial charge in [0, 0.05) is 6.42 Å². The fourth-order valence-electron chi connectivity index (χ4n) is 4.41. The molecular weight excluding hydrogens is 300 g/mol. The van der Waals surface area contributed by atoms with Crippen LogP contribution in [0.15, 0.2) is 11.1 Å². The number of rotatable bonds is 7. The summed E-state index contributed by atoms with van der Waals surface area (Å²) in [6, 6.07) is 0. The SMILES string of the molecule is CCCOC(=O)C(C(=O)CC)=C(C1CCCCC1)C1CCCCC1. The van der Waals surface area contributed by atoms with E-state index >= 15 is 0 Å². The lowest BCUT2D eigenvalue weighted by atomic mass is 9.71. The number of ketones is 1. The molecule has 0 bridgehead atoms. The third-order valence-corrected chi connectivity index (χ3v) is 5.62. The average Bonchev–Trinajstić information content (AvgIpc) is 2.64. The topological polar surface area (TPSA) is 43.4 Å². The zero-order valence-electron chi connectivity index (χ0n) is 15.6. The molecule has 2 saturated carbocycles. The molecule has 0 aromatic rings. The molecule has 0 N–H and O–H groups in total. The largest absolute Gasteiger partial charge is 0.462 e. The number of ether oxygens (including phenoxy) is 1. The van der Waals surface area contributed by atoms with E-state index in [4.69, 9.17) is 4.74 Å². The fourth-order valence-corrected chi connectivity index (χ4v) is 4.41. The molecule has 3 heteroatoms. The minimum absolute atomic E-state index is 0.0118. The molecule has 0 heterocycles. The van der Waals surface area contributed by atoms with Crippen molar-refractivity contribution in [2.75, 3.05) is 6.61 Å². The van der Waals surface area contributed by atoms with Crippen LogP contribution in [0.1, 0.15) is 90.9 Å². The molecule has 24 heavy (non-hydrogen) atoms. The van der Waals surface area contributed by atoms with E-state index in [1.807, 2.05) is 13.8 Å². The normalized spacial score (nSPS) is 19.8. The van der Waals surface area contributed by atoms with Crippen molar-refractivity contribution in [3.63, 3.8) is 0 Å². The third kappa shape index (κ3) is 4.94. The maximum atomic E-state index is 12.7. The second-order valence-electron chi connectivity index (χ2n) is 7.41. The zero-order chi connectivity index (χ0) is 17.4. The van der Waals surface area contributed by atoms with Crippen molar-refractivity contribution in [1.82, 2.24) is 0 Å². The van der Waals surface area contributed by atoms with Crippen LogP contribution in [0.2, 0.25) is 0 Å². The maximum Gasteiger partial charge on any atom is 0.341 e. The van der Waals surface area contributed by atoms with Gasteiger partial charge in [-0.2, -0.15) is 0 Å². The Kier molecular flexibility index (Phi) is 8.01. The molecule has 3 nitrogen and oxygen atoms in total. The summed E-state index contributed by atoms with van der Waals surface area (Å²) in [6.07, 6.45) is 13.2. The lowest BCUT2D eigenvalue weighted by Gasteiger charge is -2.34. The van der Waals surface area contributed by atoms with Gasteiger partial charge >= 0.3 is 5.97 Å². The van der Waals surface area contributed by atoms with Crippen LogP contribution in [0, 0.1) is 11.8 Å². The molecule has 0 amide bonds. The molecule has 0 aromatic heterocycles. The minimum atomic E-state index is -0.352. The molecule has 0 aromatic carbocycles. The number of carbonyl (C=O) groups excluding carboxylic acids is 2. The first-order chi connectivity index (χ1) is 11.7. The van der Waals surface area contributed by atoms with E-state index in [0.29, 0.717) is 30.4 Å². The monoisotopic (exact) mass is 334 g/mol. The Morgan fingerprint density at radius 1 is 0.833 bits per heavy atom. The van der Waals surface area contributed by atoms with Crippen molar-refractivity contribution in [2.24, 2.45) is 11.8 Å². The number of carbonyl (C=O) groups is 2. The first kappa shape index (κ1) is 19.2. The molecule has 0 saturated heterocycles. The van der Waals surface area contributed by atoms with Crippen molar-refractivity contribution in [1.29, 1.82) is 0 Å². The molecule has 0 unspecified atom stereocenters. The number of hydrogen-bond acceptors (Lipinski definition) is 3. The third-order valence-electron chi connectivity index (χ3n) is 5.62. The Hall–Kier alpha value is -1.12. The smallest absolute Gasteiger partial charge is 0.341 e. The summed E-state index contributed by atoms with van der Waals surface area (Å²) in [4.78, 5) is 25.4. The summed E-state index contributed by atoms with van der Waals surface area (Å²) in [5, 5.41) is 0.